The number of rotatable bonds is 2. The summed E-state index contributed by atoms with van der Waals surface area (Å²) in [5, 5.41) is 18.5. The standard InChI is InChI=1S/C10H11FIN3O3/c11-8-4(3-16)7(17)1-6(8)15-2-5(12)9(13)14-10(15)18/h2,6-7,16-17H,1,3H2,(H2,13,14,18)/t6-,7+/m0/s1. The van der Waals surface area contributed by atoms with Crippen LogP contribution in [-0.2, 0) is 0 Å². The summed E-state index contributed by atoms with van der Waals surface area (Å²) in [4.78, 5) is 15.2. The van der Waals surface area contributed by atoms with Crippen LogP contribution in [0.4, 0.5) is 10.2 Å². The lowest BCUT2D eigenvalue weighted by atomic mass is 10.2. The fourth-order valence-electron chi connectivity index (χ4n) is 1.93. The van der Waals surface area contributed by atoms with Crippen molar-refractivity contribution in [2.24, 2.45) is 0 Å². The minimum absolute atomic E-state index is 0.00329. The molecule has 1 aliphatic rings. The largest absolute Gasteiger partial charge is 0.392 e. The molecule has 0 bridgehead atoms. The maximum Gasteiger partial charge on any atom is 0.350 e. The molecule has 0 radical (unpaired) electrons. The Morgan fingerprint density at radius 3 is 2.89 bits per heavy atom. The molecule has 2 rings (SSSR count). The lowest BCUT2D eigenvalue weighted by Gasteiger charge is -2.14. The van der Waals surface area contributed by atoms with Crippen molar-refractivity contribution < 1.29 is 14.6 Å². The van der Waals surface area contributed by atoms with E-state index in [9.17, 15) is 14.3 Å². The van der Waals surface area contributed by atoms with Gasteiger partial charge in [-0.3, -0.25) is 4.57 Å². The minimum Gasteiger partial charge on any atom is -0.392 e. The van der Waals surface area contributed by atoms with Crippen LogP contribution in [0.25, 0.3) is 0 Å². The van der Waals surface area contributed by atoms with Crippen LogP contribution in [0, 0.1) is 3.57 Å². The molecule has 0 aromatic carbocycles. The van der Waals surface area contributed by atoms with Gasteiger partial charge in [0.1, 0.15) is 11.6 Å². The molecular formula is C10H11FIN3O3. The predicted molar refractivity (Wildman–Crippen MR) is 70.5 cm³/mol. The highest BCUT2D eigenvalue weighted by atomic mass is 127. The summed E-state index contributed by atoms with van der Waals surface area (Å²) in [7, 11) is 0. The summed E-state index contributed by atoms with van der Waals surface area (Å²) in [6.07, 6.45) is 0.313. The third-order valence-electron chi connectivity index (χ3n) is 2.89. The quantitative estimate of drug-likeness (QED) is 0.637. The third kappa shape index (κ3) is 2.15. The zero-order chi connectivity index (χ0) is 13.4. The number of halogens is 2. The molecule has 0 amide bonds. The topological polar surface area (TPSA) is 101 Å². The molecule has 1 aromatic rings. The molecule has 98 valence electrons. The van der Waals surface area contributed by atoms with E-state index in [-0.39, 0.29) is 17.8 Å². The van der Waals surface area contributed by atoms with Crippen LogP contribution in [0.5, 0.6) is 0 Å². The fourth-order valence-corrected chi connectivity index (χ4v) is 2.35. The highest BCUT2D eigenvalue weighted by Gasteiger charge is 2.34. The number of nitrogen functional groups attached to an aromatic ring is 1. The Labute approximate surface area is 115 Å². The normalized spacial score (nSPS) is 23.8. The van der Waals surface area contributed by atoms with Crippen molar-refractivity contribution in [1.82, 2.24) is 9.55 Å². The predicted octanol–water partition coefficient (Wildman–Crippen LogP) is -0.0483. The fraction of sp³-hybridized carbons (Fsp3) is 0.400. The van der Waals surface area contributed by atoms with Gasteiger partial charge in [-0.2, -0.15) is 4.98 Å². The summed E-state index contributed by atoms with van der Waals surface area (Å²) in [6, 6.07) is -0.934. The first kappa shape index (κ1) is 13.4. The van der Waals surface area contributed by atoms with Gasteiger partial charge in [0.2, 0.25) is 0 Å². The number of hydrogen-bond acceptors (Lipinski definition) is 5. The Morgan fingerprint density at radius 2 is 2.33 bits per heavy atom. The summed E-state index contributed by atoms with van der Waals surface area (Å²) in [5.74, 6) is -0.600. The first-order valence-electron chi connectivity index (χ1n) is 5.17. The molecule has 1 aliphatic carbocycles. The minimum atomic E-state index is -1.08. The Kier molecular flexibility index (Phi) is 3.69. The van der Waals surface area contributed by atoms with Crippen molar-refractivity contribution >= 4 is 28.4 Å². The molecule has 6 nitrogen and oxygen atoms in total. The van der Waals surface area contributed by atoms with E-state index < -0.39 is 30.3 Å². The van der Waals surface area contributed by atoms with Gasteiger partial charge in [0, 0.05) is 18.2 Å². The molecule has 0 saturated heterocycles. The van der Waals surface area contributed by atoms with Crippen molar-refractivity contribution in [1.29, 1.82) is 0 Å². The number of anilines is 1. The highest BCUT2D eigenvalue weighted by Crippen LogP contribution is 2.36. The molecule has 1 heterocycles. The van der Waals surface area contributed by atoms with Crippen molar-refractivity contribution in [3.63, 3.8) is 0 Å². The van der Waals surface area contributed by atoms with E-state index in [0.29, 0.717) is 3.57 Å². The van der Waals surface area contributed by atoms with E-state index in [0.717, 1.165) is 4.57 Å². The molecule has 4 N–H and O–H groups in total. The summed E-state index contributed by atoms with van der Waals surface area (Å²) >= 11 is 1.88. The molecule has 2 atom stereocenters. The van der Waals surface area contributed by atoms with Crippen molar-refractivity contribution in [2.75, 3.05) is 12.3 Å². The van der Waals surface area contributed by atoms with Gasteiger partial charge in [0.25, 0.3) is 0 Å². The molecule has 0 aliphatic heterocycles. The lowest BCUT2D eigenvalue weighted by molar-refractivity contribution is 0.181. The highest BCUT2D eigenvalue weighted by molar-refractivity contribution is 14.1. The van der Waals surface area contributed by atoms with Crippen LogP contribution in [0.3, 0.4) is 0 Å². The number of aromatic nitrogens is 2. The van der Waals surface area contributed by atoms with Crippen LogP contribution in [0.2, 0.25) is 0 Å². The number of aliphatic hydroxyl groups is 2. The van der Waals surface area contributed by atoms with Crippen LogP contribution in [0.1, 0.15) is 12.5 Å². The Morgan fingerprint density at radius 1 is 1.67 bits per heavy atom. The maximum absolute atomic E-state index is 13.9. The van der Waals surface area contributed by atoms with Crippen LogP contribution >= 0.6 is 22.6 Å². The smallest absolute Gasteiger partial charge is 0.350 e. The summed E-state index contributed by atoms with van der Waals surface area (Å²) in [6.45, 7) is -0.572. The zero-order valence-corrected chi connectivity index (χ0v) is 11.3. The van der Waals surface area contributed by atoms with Gasteiger partial charge >= 0.3 is 5.69 Å². The van der Waals surface area contributed by atoms with E-state index in [1.165, 1.54) is 6.20 Å². The average molecular weight is 367 g/mol. The lowest BCUT2D eigenvalue weighted by Crippen LogP contribution is -2.28. The van der Waals surface area contributed by atoms with E-state index >= 15 is 0 Å². The van der Waals surface area contributed by atoms with E-state index in [1.807, 2.05) is 22.6 Å². The van der Waals surface area contributed by atoms with Crippen molar-refractivity contribution in [3.05, 3.63) is 31.7 Å². The van der Waals surface area contributed by atoms with E-state index in [2.05, 4.69) is 4.98 Å². The van der Waals surface area contributed by atoms with E-state index in [1.54, 1.807) is 0 Å². The molecule has 0 fully saturated rings. The van der Waals surface area contributed by atoms with Gasteiger partial charge in [-0.15, -0.1) is 0 Å². The summed E-state index contributed by atoms with van der Waals surface area (Å²) in [5.41, 5.74) is 4.71. The first-order chi connectivity index (χ1) is 8.45. The molecule has 1 aromatic heterocycles. The molecular weight excluding hydrogens is 356 g/mol. The SMILES string of the molecule is Nc1nc(=O)n([C@H]2C[C@@H](O)C(CO)=C2F)cc1I. The zero-order valence-electron chi connectivity index (χ0n) is 9.18. The molecule has 0 unspecified atom stereocenters. The van der Waals surface area contributed by atoms with Gasteiger partial charge in [0.05, 0.1) is 22.3 Å². The summed E-state index contributed by atoms with van der Waals surface area (Å²) < 4.78 is 15.5. The Hall–Kier alpha value is -1.00. The first-order valence-corrected chi connectivity index (χ1v) is 6.25. The Bertz CT molecular complexity index is 572. The molecule has 8 heteroatoms. The third-order valence-corrected chi connectivity index (χ3v) is 3.72. The number of aliphatic hydroxyl groups excluding tert-OH is 2. The van der Waals surface area contributed by atoms with Gasteiger partial charge < -0.3 is 15.9 Å². The number of allylic oxidation sites excluding steroid dienone is 1. The van der Waals surface area contributed by atoms with Crippen molar-refractivity contribution in [3.8, 4) is 0 Å². The number of nitrogens with two attached hydrogens (primary N) is 1. The second-order valence-corrected chi connectivity index (χ2v) is 5.12. The maximum atomic E-state index is 13.9. The van der Waals surface area contributed by atoms with Gasteiger partial charge in [-0.25, -0.2) is 9.18 Å². The van der Waals surface area contributed by atoms with Gasteiger partial charge in [0.15, 0.2) is 0 Å². The molecule has 0 saturated carbocycles. The Balaban J connectivity index is 2.49. The second kappa shape index (κ2) is 4.94. The van der Waals surface area contributed by atoms with Crippen molar-refractivity contribution in [2.45, 2.75) is 18.6 Å². The van der Waals surface area contributed by atoms with Crippen LogP contribution < -0.4 is 11.4 Å². The molecule has 0 spiro atoms. The van der Waals surface area contributed by atoms with E-state index in [4.69, 9.17) is 10.8 Å². The second-order valence-electron chi connectivity index (χ2n) is 3.96. The van der Waals surface area contributed by atoms with Gasteiger partial charge in [-0.05, 0) is 22.6 Å². The average Bonchev–Trinajstić information content (AvgIpc) is 2.59. The number of nitrogens with zero attached hydrogens (tertiary/aromatic N) is 2. The van der Waals surface area contributed by atoms with Crippen LogP contribution in [0.15, 0.2) is 22.4 Å². The van der Waals surface area contributed by atoms with Crippen LogP contribution in [-0.4, -0.2) is 32.5 Å². The van der Waals surface area contributed by atoms with Gasteiger partial charge in [-0.1, -0.05) is 0 Å². The number of hydrogen-bond donors (Lipinski definition) is 3. The molecule has 18 heavy (non-hydrogen) atoms. The monoisotopic (exact) mass is 367 g/mol.